The molecule has 130 valence electrons. The zero-order valence-corrected chi connectivity index (χ0v) is 15.7. The molecule has 4 nitrogen and oxygen atoms in total. The van der Waals surface area contributed by atoms with E-state index in [9.17, 15) is 0 Å². The molecular weight excluding hydrogens is 284 g/mol. The van der Waals surface area contributed by atoms with E-state index in [-0.39, 0.29) is 0 Å². The van der Waals surface area contributed by atoms with Gasteiger partial charge < -0.3 is 15.1 Å². The molecule has 0 aliphatic carbocycles. The highest BCUT2D eigenvalue weighted by Gasteiger charge is 2.29. The number of rotatable bonds is 6. The molecule has 0 bridgehead atoms. The first kappa shape index (κ1) is 18.1. The first-order valence-electron chi connectivity index (χ1n) is 8.88. The first-order valence-corrected chi connectivity index (χ1v) is 8.88. The van der Waals surface area contributed by atoms with Gasteiger partial charge in [-0.2, -0.15) is 0 Å². The van der Waals surface area contributed by atoms with Crippen LogP contribution in [0, 0.1) is 6.92 Å². The Bertz CT molecular complexity index is 507. The maximum absolute atomic E-state index is 5.93. The van der Waals surface area contributed by atoms with Gasteiger partial charge in [-0.15, -0.1) is 0 Å². The molecule has 23 heavy (non-hydrogen) atoms. The molecule has 1 aliphatic heterocycles. The minimum atomic E-state index is 0.776. The van der Waals surface area contributed by atoms with Crippen molar-refractivity contribution in [2.24, 2.45) is 0 Å². The number of nitrogens with two attached hydrogens (primary N) is 1. The summed E-state index contributed by atoms with van der Waals surface area (Å²) in [6.07, 6.45) is 3.90. The Kier molecular flexibility index (Phi) is 5.93. The van der Waals surface area contributed by atoms with Gasteiger partial charge in [0.15, 0.2) is 0 Å². The molecular formula is C19H35N4+. The minimum Gasteiger partial charge on any atom is -0.399 e. The van der Waals surface area contributed by atoms with Crippen LogP contribution in [0.15, 0.2) is 18.2 Å². The van der Waals surface area contributed by atoms with Crippen molar-refractivity contribution < 1.29 is 4.48 Å². The Balaban J connectivity index is 1.81. The van der Waals surface area contributed by atoms with Crippen molar-refractivity contribution in [1.29, 1.82) is 0 Å². The fourth-order valence-electron chi connectivity index (χ4n) is 3.56. The third-order valence-electron chi connectivity index (χ3n) is 5.19. The molecule has 0 amide bonds. The smallest absolute Gasteiger partial charge is 0.101 e. The van der Waals surface area contributed by atoms with E-state index in [1.54, 1.807) is 0 Å². The number of anilines is 2. The number of benzene rings is 1. The average molecular weight is 320 g/mol. The molecule has 1 fully saturated rings. The molecule has 0 radical (unpaired) electrons. The monoisotopic (exact) mass is 319 g/mol. The van der Waals surface area contributed by atoms with Crippen molar-refractivity contribution >= 4 is 11.4 Å². The summed E-state index contributed by atoms with van der Waals surface area (Å²) in [5, 5.41) is 0. The fourth-order valence-corrected chi connectivity index (χ4v) is 3.56. The second kappa shape index (κ2) is 7.54. The van der Waals surface area contributed by atoms with E-state index >= 15 is 0 Å². The summed E-state index contributed by atoms with van der Waals surface area (Å²) in [7, 11) is 9.15. The summed E-state index contributed by atoms with van der Waals surface area (Å²) in [6, 6.07) is 6.95. The molecule has 2 N–H and O–H groups in total. The Morgan fingerprint density at radius 2 is 2.04 bits per heavy atom. The predicted octanol–water partition coefficient (Wildman–Crippen LogP) is 2.57. The van der Waals surface area contributed by atoms with E-state index in [1.807, 2.05) is 6.07 Å². The van der Waals surface area contributed by atoms with Crippen molar-refractivity contribution in [3.05, 3.63) is 23.8 Å². The van der Waals surface area contributed by atoms with Crippen LogP contribution in [0.1, 0.15) is 24.8 Å². The zero-order chi connectivity index (χ0) is 17.0. The van der Waals surface area contributed by atoms with Gasteiger partial charge >= 0.3 is 0 Å². The molecule has 1 saturated heterocycles. The lowest BCUT2D eigenvalue weighted by Gasteiger charge is -2.41. The SMILES string of the molecule is Cc1ccc(N)cc1N(C)CCCN1CCCC([N+](C)(C)C)C1. The van der Waals surface area contributed by atoms with Crippen molar-refractivity contribution in [3.63, 3.8) is 0 Å². The molecule has 1 aromatic rings. The molecule has 0 aromatic heterocycles. The molecule has 1 aliphatic rings. The summed E-state index contributed by atoms with van der Waals surface area (Å²) in [4.78, 5) is 4.99. The molecule has 1 aromatic carbocycles. The van der Waals surface area contributed by atoms with Gasteiger partial charge in [0, 0.05) is 37.9 Å². The number of hydrogen-bond donors (Lipinski definition) is 1. The van der Waals surface area contributed by atoms with E-state index in [4.69, 9.17) is 5.73 Å². The largest absolute Gasteiger partial charge is 0.399 e. The summed E-state index contributed by atoms with van der Waals surface area (Å²) < 4.78 is 1.08. The quantitative estimate of drug-likeness (QED) is 0.646. The number of nitrogens with zero attached hydrogens (tertiary/aromatic N) is 3. The first-order chi connectivity index (χ1) is 10.8. The third-order valence-corrected chi connectivity index (χ3v) is 5.19. The summed E-state index contributed by atoms with van der Waals surface area (Å²) in [6.45, 7) is 6.93. The van der Waals surface area contributed by atoms with Gasteiger partial charge in [0.2, 0.25) is 0 Å². The number of aryl methyl sites for hydroxylation is 1. The highest BCUT2D eigenvalue weighted by Crippen LogP contribution is 2.22. The van der Waals surface area contributed by atoms with Gasteiger partial charge in [-0.25, -0.2) is 0 Å². The van der Waals surface area contributed by atoms with E-state index in [0.29, 0.717) is 0 Å². The van der Waals surface area contributed by atoms with Crippen molar-refractivity contribution in [2.45, 2.75) is 32.2 Å². The summed E-state index contributed by atoms with van der Waals surface area (Å²) in [5.74, 6) is 0. The van der Waals surface area contributed by atoms with E-state index in [0.717, 1.165) is 22.8 Å². The van der Waals surface area contributed by atoms with Crippen LogP contribution in [-0.2, 0) is 0 Å². The molecule has 0 saturated carbocycles. The topological polar surface area (TPSA) is 32.5 Å². The van der Waals surface area contributed by atoms with Gasteiger partial charge in [-0.05, 0) is 44.0 Å². The lowest BCUT2D eigenvalue weighted by molar-refractivity contribution is -0.896. The molecule has 1 unspecified atom stereocenters. The van der Waals surface area contributed by atoms with Crippen LogP contribution >= 0.6 is 0 Å². The van der Waals surface area contributed by atoms with Crippen molar-refractivity contribution in [1.82, 2.24) is 4.90 Å². The standard InChI is InChI=1S/C19H35N4/c1-16-9-10-17(20)14-19(16)21(2)11-7-13-22-12-6-8-18(15-22)23(3,4)5/h9-10,14,18H,6-8,11-13,15,20H2,1-5H3/q+1. The number of likely N-dealkylation sites (N-methyl/N-ethyl adjacent to an activating group) is 1. The Morgan fingerprint density at radius 3 is 2.74 bits per heavy atom. The maximum atomic E-state index is 5.93. The van der Waals surface area contributed by atoms with E-state index in [2.05, 4.69) is 57.0 Å². The van der Waals surface area contributed by atoms with Gasteiger partial charge in [0.25, 0.3) is 0 Å². The van der Waals surface area contributed by atoms with E-state index < -0.39 is 0 Å². The molecule has 2 rings (SSSR count). The lowest BCUT2D eigenvalue weighted by Crippen LogP contribution is -2.54. The summed E-state index contributed by atoms with van der Waals surface area (Å²) in [5.41, 5.74) is 9.33. The zero-order valence-electron chi connectivity index (χ0n) is 15.7. The highest BCUT2D eigenvalue weighted by molar-refractivity contribution is 5.60. The van der Waals surface area contributed by atoms with Gasteiger partial charge in [-0.3, -0.25) is 4.90 Å². The van der Waals surface area contributed by atoms with Crippen LogP contribution in [-0.4, -0.2) is 69.8 Å². The fraction of sp³-hybridized carbons (Fsp3) is 0.684. The molecule has 4 heteroatoms. The summed E-state index contributed by atoms with van der Waals surface area (Å²) >= 11 is 0. The third kappa shape index (κ3) is 5.11. The highest BCUT2D eigenvalue weighted by atomic mass is 15.3. The number of hydrogen-bond acceptors (Lipinski definition) is 3. The Hall–Kier alpha value is -1.26. The van der Waals surface area contributed by atoms with Crippen LogP contribution in [0.5, 0.6) is 0 Å². The normalized spacial score (nSPS) is 19.8. The van der Waals surface area contributed by atoms with Gasteiger partial charge in [0.1, 0.15) is 6.04 Å². The average Bonchev–Trinajstić information content (AvgIpc) is 2.49. The lowest BCUT2D eigenvalue weighted by atomic mass is 10.0. The van der Waals surface area contributed by atoms with Crippen molar-refractivity contribution in [3.8, 4) is 0 Å². The number of nitrogen functional groups attached to an aromatic ring is 1. The molecule has 1 atom stereocenters. The van der Waals surface area contributed by atoms with Gasteiger partial charge in [-0.1, -0.05) is 6.07 Å². The number of quaternary nitrogens is 1. The van der Waals surface area contributed by atoms with Crippen LogP contribution in [0.3, 0.4) is 0 Å². The van der Waals surface area contributed by atoms with Crippen LogP contribution in [0.4, 0.5) is 11.4 Å². The second-order valence-corrected chi connectivity index (χ2v) is 8.03. The molecule has 0 spiro atoms. The second-order valence-electron chi connectivity index (χ2n) is 8.03. The van der Waals surface area contributed by atoms with Crippen LogP contribution in [0.2, 0.25) is 0 Å². The maximum Gasteiger partial charge on any atom is 0.101 e. The van der Waals surface area contributed by atoms with Gasteiger partial charge in [0.05, 0.1) is 27.7 Å². The van der Waals surface area contributed by atoms with Crippen molar-refractivity contribution in [2.75, 3.05) is 65.0 Å². The number of likely N-dealkylation sites (tertiary alicyclic amines) is 1. The molecule has 1 heterocycles. The van der Waals surface area contributed by atoms with Crippen LogP contribution < -0.4 is 10.6 Å². The van der Waals surface area contributed by atoms with E-state index in [1.165, 1.54) is 50.1 Å². The Labute approximate surface area is 142 Å². The number of piperidine rings is 1. The van der Waals surface area contributed by atoms with Crippen LogP contribution in [0.25, 0.3) is 0 Å². The predicted molar refractivity (Wildman–Crippen MR) is 101 cm³/mol. The minimum absolute atomic E-state index is 0.776. The Morgan fingerprint density at radius 1 is 1.30 bits per heavy atom.